The van der Waals surface area contributed by atoms with Crippen LogP contribution in [0.2, 0.25) is 0 Å². The molecule has 17 heavy (non-hydrogen) atoms. The normalized spacial score (nSPS) is 19.9. The van der Waals surface area contributed by atoms with Gasteiger partial charge in [-0.05, 0) is 37.6 Å². The molecule has 4 nitrogen and oxygen atoms in total. The smallest absolute Gasteiger partial charge is 0.250 e. The van der Waals surface area contributed by atoms with Crippen LogP contribution in [0.1, 0.15) is 23.2 Å². The van der Waals surface area contributed by atoms with Crippen molar-refractivity contribution in [2.75, 3.05) is 18.4 Å². The van der Waals surface area contributed by atoms with Crippen LogP contribution in [-0.4, -0.2) is 25.0 Å². The van der Waals surface area contributed by atoms with Crippen molar-refractivity contribution in [1.29, 1.82) is 0 Å². The molecule has 0 aliphatic carbocycles. The van der Waals surface area contributed by atoms with Gasteiger partial charge in [0.05, 0.1) is 5.56 Å². The Balaban J connectivity index is 2.17. The van der Waals surface area contributed by atoms with Crippen LogP contribution in [-0.2, 0) is 0 Å². The second kappa shape index (κ2) is 5.51. The average Bonchev–Trinajstić information content (AvgIpc) is 2.30. The fourth-order valence-electron chi connectivity index (χ4n) is 2.05. The Morgan fingerprint density at radius 3 is 3.00 bits per heavy atom. The Bertz CT molecular complexity index is 416. The van der Waals surface area contributed by atoms with Gasteiger partial charge in [0.2, 0.25) is 0 Å². The second-order valence-electron chi connectivity index (χ2n) is 4.24. The number of primary amides is 1. The number of nitrogens with one attached hydrogen (secondary N) is 2. The molecule has 1 aliphatic rings. The molecule has 1 unspecified atom stereocenters. The molecule has 1 aromatic rings. The quantitative estimate of drug-likeness (QED) is 0.796. The Morgan fingerprint density at radius 1 is 1.53 bits per heavy atom. The van der Waals surface area contributed by atoms with Crippen LogP contribution in [0.3, 0.4) is 0 Å². The van der Waals surface area contributed by atoms with Gasteiger partial charge in [0.1, 0.15) is 0 Å². The van der Waals surface area contributed by atoms with E-state index in [1.54, 1.807) is 6.07 Å². The maximum atomic E-state index is 11.3. The molecule has 0 bridgehead atoms. The third kappa shape index (κ3) is 3.20. The summed E-state index contributed by atoms with van der Waals surface area (Å²) >= 11 is 3.40. The predicted molar refractivity (Wildman–Crippen MR) is 72.2 cm³/mol. The van der Waals surface area contributed by atoms with Crippen molar-refractivity contribution in [2.24, 2.45) is 5.73 Å². The van der Waals surface area contributed by atoms with Crippen LogP contribution in [0.15, 0.2) is 22.7 Å². The second-order valence-corrected chi connectivity index (χ2v) is 5.16. The number of carbonyl (C=O) groups is 1. The lowest BCUT2D eigenvalue weighted by Crippen LogP contribution is -2.38. The summed E-state index contributed by atoms with van der Waals surface area (Å²) in [6, 6.07) is 5.82. The molecule has 1 atom stereocenters. The molecule has 4 N–H and O–H groups in total. The van der Waals surface area contributed by atoms with Gasteiger partial charge in [-0.25, -0.2) is 0 Å². The highest BCUT2D eigenvalue weighted by Crippen LogP contribution is 2.23. The summed E-state index contributed by atoms with van der Waals surface area (Å²) in [6.45, 7) is 1.99. The number of amides is 1. The summed E-state index contributed by atoms with van der Waals surface area (Å²) in [5, 5.41) is 6.71. The zero-order chi connectivity index (χ0) is 12.3. The van der Waals surface area contributed by atoms with Crippen LogP contribution in [0.4, 0.5) is 5.69 Å². The zero-order valence-corrected chi connectivity index (χ0v) is 11.1. The van der Waals surface area contributed by atoms with Crippen molar-refractivity contribution in [3.05, 3.63) is 28.2 Å². The lowest BCUT2D eigenvalue weighted by Gasteiger charge is -2.25. The fourth-order valence-corrected chi connectivity index (χ4v) is 2.41. The van der Waals surface area contributed by atoms with Crippen LogP contribution in [0, 0.1) is 0 Å². The molecule has 1 fully saturated rings. The van der Waals surface area contributed by atoms with Crippen LogP contribution in [0.5, 0.6) is 0 Å². The van der Waals surface area contributed by atoms with Crippen LogP contribution >= 0.6 is 15.9 Å². The van der Waals surface area contributed by atoms with Gasteiger partial charge in [-0.15, -0.1) is 0 Å². The molecule has 92 valence electrons. The van der Waals surface area contributed by atoms with E-state index in [9.17, 15) is 4.79 Å². The van der Waals surface area contributed by atoms with Crippen molar-refractivity contribution >= 4 is 27.5 Å². The highest BCUT2D eigenvalue weighted by atomic mass is 79.9. The Kier molecular flexibility index (Phi) is 4.02. The maximum absolute atomic E-state index is 11.3. The van der Waals surface area contributed by atoms with E-state index in [4.69, 9.17) is 5.73 Å². The molecule has 0 saturated carbocycles. The number of benzene rings is 1. The van der Waals surface area contributed by atoms with E-state index < -0.39 is 5.91 Å². The van der Waals surface area contributed by atoms with Gasteiger partial charge in [-0.1, -0.05) is 15.9 Å². The molecule has 1 saturated heterocycles. The number of anilines is 1. The number of hydrogen-bond acceptors (Lipinski definition) is 3. The van der Waals surface area contributed by atoms with E-state index in [-0.39, 0.29) is 0 Å². The minimum absolute atomic E-state index is 0.358. The number of hydrogen-bond donors (Lipinski definition) is 3. The maximum Gasteiger partial charge on any atom is 0.250 e. The minimum Gasteiger partial charge on any atom is -0.380 e. The van der Waals surface area contributed by atoms with E-state index in [0.29, 0.717) is 11.6 Å². The summed E-state index contributed by atoms with van der Waals surface area (Å²) in [6.07, 6.45) is 2.26. The topological polar surface area (TPSA) is 67.2 Å². The number of piperidine rings is 1. The minimum atomic E-state index is -0.399. The van der Waals surface area contributed by atoms with Crippen molar-refractivity contribution < 1.29 is 4.79 Å². The predicted octanol–water partition coefficient (Wildman–Crippen LogP) is 1.71. The summed E-state index contributed by atoms with van der Waals surface area (Å²) in [7, 11) is 0. The average molecular weight is 298 g/mol. The van der Waals surface area contributed by atoms with E-state index in [0.717, 1.165) is 36.1 Å². The first-order valence-electron chi connectivity index (χ1n) is 5.73. The van der Waals surface area contributed by atoms with Crippen LogP contribution in [0.25, 0.3) is 0 Å². The number of carbonyl (C=O) groups excluding carboxylic acids is 1. The molecule has 0 aromatic heterocycles. The van der Waals surface area contributed by atoms with Crippen molar-refractivity contribution in [2.45, 2.75) is 18.9 Å². The first-order chi connectivity index (χ1) is 8.16. The first-order valence-corrected chi connectivity index (χ1v) is 6.53. The van der Waals surface area contributed by atoms with Crippen molar-refractivity contribution in [1.82, 2.24) is 5.32 Å². The molecule has 0 spiro atoms. The molecular formula is C12H16BrN3O. The van der Waals surface area contributed by atoms with Gasteiger partial charge >= 0.3 is 0 Å². The van der Waals surface area contributed by atoms with Gasteiger partial charge in [-0.3, -0.25) is 4.79 Å². The SMILES string of the molecule is NC(=O)c1ccc(Br)cc1NC1CCCNC1. The van der Waals surface area contributed by atoms with E-state index in [1.807, 2.05) is 12.1 Å². The van der Waals surface area contributed by atoms with Gasteiger partial charge in [0.15, 0.2) is 0 Å². The summed E-state index contributed by atoms with van der Waals surface area (Å²) in [4.78, 5) is 11.3. The standard InChI is InChI=1S/C12H16BrN3O/c13-8-3-4-10(12(14)17)11(6-8)16-9-2-1-5-15-7-9/h3-4,6,9,15-16H,1-2,5,7H2,(H2,14,17). The molecule has 5 heteroatoms. The van der Waals surface area contributed by atoms with Crippen molar-refractivity contribution in [3.8, 4) is 0 Å². The van der Waals surface area contributed by atoms with E-state index >= 15 is 0 Å². The first kappa shape index (κ1) is 12.4. The molecule has 1 amide bonds. The zero-order valence-electron chi connectivity index (χ0n) is 9.50. The molecule has 1 aliphatic heterocycles. The largest absolute Gasteiger partial charge is 0.380 e. The number of rotatable bonds is 3. The van der Waals surface area contributed by atoms with Gasteiger partial charge < -0.3 is 16.4 Å². The monoisotopic (exact) mass is 297 g/mol. The molecule has 0 radical (unpaired) electrons. The van der Waals surface area contributed by atoms with Gasteiger partial charge in [0, 0.05) is 22.7 Å². The number of nitrogens with two attached hydrogens (primary N) is 1. The molecule has 1 aromatic carbocycles. The van der Waals surface area contributed by atoms with Crippen molar-refractivity contribution in [3.63, 3.8) is 0 Å². The highest BCUT2D eigenvalue weighted by Gasteiger charge is 2.15. The van der Waals surface area contributed by atoms with Gasteiger partial charge in [0.25, 0.3) is 5.91 Å². The Morgan fingerprint density at radius 2 is 2.35 bits per heavy atom. The summed E-state index contributed by atoms with van der Waals surface area (Å²) < 4.78 is 0.939. The van der Waals surface area contributed by atoms with E-state index in [2.05, 4.69) is 26.6 Å². The summed E-state index contributed by atoms with van der Waals surface area (Å²) in [5.74, 6) is -0.399. The van der Waals surface area contributed by atoms with Crippen LogP contribution < -0.4 is 16.4 Å². The third-order valence-corrected chi connectivity index (χ3v) is 3.40. The third-order valence-electron chi connectivity index (χ3n) is 2.90. The molecule has 1 heterocycles. The Labute approximate surface area is 109 Å². The Hall–Kier alpha value is -1.07. The molecule has 2 rings (SSSR count). The number of halogens is 1. The summed E-state index contributed by atoms with van der Waals surface area (Å²) in [5.41, 5.74) is 6.71. The highest BCUT2D eigenvalue weighted by molar-refractivity contribution is 9.10. The van der Waals surface area contributed by atoms with Gasteiger partial charge in [-0.2, -0.15) is 0 Å². The lowest BCUT2D eigenvalue weighted by atomic mass is 10.1. The molecular weight excluding hydrogens is 282 g/mol. The lowest BCUT2D eigenvalue weighted by molar-refractivity contribution is 0.100. The fraction of sp³-hybridized carbons (Fsp3) is 0.417. The van der Waals surface area contributed by atoms with E-state index in [1.165, 1.54) is 0 Å².